The zero-order valence-electron chi connectivity index (χ0n) is 7.33. The van der Waals surface area contributed by atoms with Gasteiger partial charge in [0.1, 0.15) is 0 Å². The van der Waals surface area contributed by atoms with Crippen LogP contribution >= 0.6 is 0 Å². The van der Waals surface area contributed by atoms with Crippen molar-refractivity contribution >= 4 is 15.0 Å². The molecule has 1 N–H and O–H groups in total. The molecule has 0 fully saturated rings. The van der Waals surface area contributed by atoms with E-state index in [0.29, 0.717) is 0 Å². The van der Waals surface area contributed by atoms with Gasteiger partial charge in [0.05, 0.1) is 0 Å². The summed E-state index contributed by atoms with van der Waals surface area (Å²) in [4.78, 5) is 9.18. The van der Waals surface area contributed by atoms with Gasteiger partial charge in [-0.05, 0) is 17.2 Å². The van der Waals surface area contributed by atoms with E-state index >= 15 is 0 Å². The Balaban J connectivity index is 2.88. The van der Waals surface area contributed by atoms with Crippen LogP contribution in [0.2, 0.25) is 0 Å². The highest BCUT2D eigenvalue weighted by Crippen LogP contribution is 2.11. The third-order valence-corrected chi connectivity index (χ3v) is 2.80. The van der Waals surface area contributed by atoms with Gasteiger partial charge in [-0.25, -0.2) is 0 Å². The first-order valence-corrected chi connectivity index (χ1v) is 5.57. The van der Waals surface area contributed by atoms with E-state index in [4.69, 9.17) is 0 Å². The molecule has 0 amide bonds. The van der Waals surface area contributed by atoms with Crippen LogP contribution < -0.4 is 0 Å². The van der Waals surface area contributed by atoms with E-state index in [2.05, 4.69) is 13.0 Å². The van der Waals surface area contributed by atoms with Gasteiger partial charge < -0.3 is 4.80 Å². The predicted octanol–water partition coefficient (Wildman–Crippen LogP) is 1.51. The summed E-state index contributed by atoms with van der Waals surface area (Å²) in [5.41, 5.74) is 1.17. The van der Waals surface area contributed by atoms with Crippen molar-refractivity contribution in [3.05, 3.63) is 42.0 Å². The monoisotopic (exact) mass is 178 g/mol. The summed E-state index contributed by atoms with van der Waals surface area (Å²) in [5.74, 6) is 0. The fourth-order valence-corrected chi connectivity index (χ4v) is 2.01. The van der Waals surface area contributed by atoms with E-state index < -0.39 is 9.76 Å². The molecule has 0 heterocycles. The van der Waals surface area contributed by atoms with Crippen LogP contribution in [-0.2, 0) is 0 Å². The second kappa shape index (κ2) is 4.90. The van der Waals surface area contributed by atoms with Gasteiger partial charge in [0, 0.05) is 0 Å². The molecule has 0 aliphatic rings. The number of hydrogen-bond donors (Lipinski definition) is 1. The Morgan fingerprint density at radius 1 is 1.42 bits per heavy atom. The molecule has 0 saturated carbocycles. The zero-order valence-corrected chi connectivity index (χ0v) is 8.74. The van der Waals surface area contributed by atoms with E-state index in [-0.39, 0.29) is 0 Å². The predicted molar refractivity (Wildman–Crippen MR) is 55.5 cm³/mol. The average molecular weight is 178 g/mol. The van der Waals surface area contributed by atoms with Crippen LogP contribution in [0.1, 0.15) is 18.9 Å². The summed E-state index contributed by atoms with van der Waals surface area (Å²) in [6.07, 6.45) is 3.11. The van der Waals surface area contributed by atoms with Crippen LogP contribution in [-0.4, -0.2) is 14.6 Å². The van der Waals surface area contributed by atoms with E-state index in [9.17, 15) is 4.80 Å². The van der Waals surface area contributed by atoms with Crippen molar-refractivity contribution in [1.29, 1.82) is 0 Å². The standard InChI is InChI=1S/C10H14OSi/c1-2-6-10(12-11)9-7-4-3-5-8-9/h3-8,11H,2,12H2,1H3. The fraction of sp³-hybridized carbons (Fsp3) is 0.200. The maximum Gasteiger partial charge on any atom is 0.188 e. The molecule has 0 aliphatic heterocycles. The summed E-state index contributed by atoms with van der Waals surface area (Å²) in [6.45, 7) is 2.09. The van der Waals surface area contributed by atoms with Crippen LogP contribution in [0.4, 0.5) is 0 Å². The summed E-state index contributed by atoms with van der Waals surface area (Å²) in [6, 6.07) is 10.1. The maximum atomic E-state index is 9.18. The molecule has 0 saturated heterocycles. The molecule has 1 aromatic rings. The highest BCUT2D eigenvalue weighted by atomic mass is 28.2. The molecule has 1 aromatic carbocycles. The lowest BCUT2D eigenvalue weighted by Gasteiger charge is -2.01. The molecule has 0 spiro atoms. The van der Waals surface area contributed by atoms with Crippen molar-refractivity contribution in [2.75, 3.05) is 0 Å². The SMILES string of the molecule is CCC=C([SiH2]O)c1ccccc1. The topological polar surface area (TPSA) is 20.2 Å². The molecule has 0 unspecified atom stereocenters. The number of hydrogen-bond acceptors (Lipinski definition) is 1. The van der Waals surface area contributed by atoms with Crippen molar-refractivity contribution in [2.45, 2.75) is 13.3 Å². The minimum Gasteiger partial charge on any atom is -0.433 e. The highest BCUT2D eigenvalue weighted by molar-refractivity contribution is 6.53. The van der Waals surface area contributed by atoms with Crippen LogP contribution in [0.15, 0.2) is 36.4 Å². The Bertz CT molecular complexity index is 254. The Hall–Kier alpha value is -0.863. The third-order valence-electron chi connectivity index (χ3n) is 1.77. The van der Waals surface area contributed by atoms with E-state index in [1.165, 1.54) is 5.56 Å². The summed E-state index contributed by atoms with van der Waals surface area (Å²) in [5, 5.41) is 1.15. The summed E-state index contributed by atoms with van der Waals surface area (Å²) in [7, 11) is -1.02. The zero-order chi connectivity index (χ0) is 8.81. The second-order valence-corrected chi connectivity index (χ2v) is 3.74. The molecule has 0 atom stereocenters. The van der Waals surface area contributed by atoms with Crippen LogP contribution in [0.5, 0.6) is 0 Å². The molecule has 12 heavy (non-hydrogen) atoms. The van der Waals surface area contributed by atoms with E-state index in [1.807, 2.05) is 30.3 Å². The van der Waals surface area contributed by atoms with Gasteiger partial charge in [0.2, 0.25) is 0 Å². The second-order valence-electron chi connectivity index (χ2n) is 2.66. The maximum absolute atomic E-state index is 9.18. The van der Waals surface area contributed by atoms with Gasteiger partial charge in [-0.15, -0.1) is 0 Å². The quantitative estimate of drug-likeness (QED) is 0.696. The van der Waals surface area contributed by atoms with Crippen molar-refractivity contribution in [3.8, 4) is 0 Å². The van der Waals surface area contributed by atoms with Gasteiger partial charge in [-0.2, -0.15) is 0 Å². The molecule has 0 aromatic heterocycles. The molecule has 64 valence electrons. The van der Waals surface area contributed by atoms with Crippen LogP contribution in [0.25, 0.3) is 5.20 Å². The van der Waals surface area contributed by atoms with Gasteiger partial charge >= 0.3 is 0 Å². The van der Waals surface area contributed by atoms with E-state index in [1.54, 1.807) is 0 Å². The average Bonchev–Trinajstić information content (AvgIpc) is 2.15. The molecule has 0 bridgehead atoms. The first-order chi connectivity index (χ1) is 5.88. The van der Waals surface area contributed by atoms with Gasteiger partial charge in [-0.1, -0.05) is 43.3 Å². The van der Waals surface area contributed by atoms with Gasteiger partial charge in [-0.3, -0.25) is 0 Å². The van der Waals surface area contributed by atoms with Crippen molar-refractivity contribution in [2.24, 2.45) is 0 Å². The first kappa shape index (κ1) is 9.23. The summed E-state index contributed by atoms with van der Waals surface area (Å²) >= 11 is 0. The first-order valence-electron chi connectivity index (χ1n) is 4.23. The molecule has 2 heteroatoms. The van der Waals surface area contributed by atoms with Gasteiger partial charge in [0.15, 0.2) is 9.76 Å². The largest absolute Gasteiger partial charge is 0.433 e. The lowest BCUT2D eigenvalue weighted by atomic mass is 10.2. The molecular weight excluding hydrogens is 164 g/mol. The molecule has 1 rings (SSSR count). The minimum atomic E-state index is -1.02. The van der Waals surface area contributed by atoms with Gasteiger partial charge in [0.25, 0.3) is 0 Å². The Kier molecular flexibility index (Phi) is 3.77. The smallest absolute Gasteiger partial charge is 0.188 e. The lowest BCUT2D eigenvalue weighted by Crippen LogP contribution is -1.93. The highest BCUT2D eigenvalue weighted by Gasteiger charge is 1.97. The molecule has 1 nitrogen and oxygen atoms in total. The van der Waals surface area contributed by atoms with Crippen LogP contribution in [0, 0.1) is 0 Å². The normalized spacial score (nSPS) is 12.7. The van der Waals surface area contributed by atoms with Crippen molar-refractivity contribution in [3.63, 3.8) is 0 Å². The van der Waals surface area contributed by atoms with Crippen molar-refractivity contribution < 1.29 is 4.80 Å². The fourth-order valence-electron chi connectivity index (χ4n) is 1.17. The molecule has 0 radical (unpaired) electrons. The minimum absolute atomic E-state index is 0.998. The number of allylic oxidation sites excluding steroid dienone is 1. The number of rotatable bonds is 3. The summed E-state index contributed by atoms with van der Waals surface area (Å²) < 4.78 is 0. The number of benzene rings is 1. The third kappa shape index (κ3) is 2.32. The lowest BCUT2D eigenvalue weighted by molar-refractivity contribution is 0.616. The molecular formula is C10H14OSi. The Labute approximate surface area is 75.7 Å². The van der Waals surface area contributed by atoms with Crippen LogP contribution in [0.3, 0.4) is 0 Å². The van der Waals surface area contributed by atoms with E-state index in [0.717, 1.165) is 11.6 Å². The molecule has 0 aliphatic carbocycles. The van der Waals surface area contributed by atoms with Crippen molar-refractivity contribution in [1.82, 2.24) is 0 Å². The Morgan fingerprint density at radius 2 is 2.08 bits per heavy atom. The Morgan fingerprint density at radius 3 is 2.58 bits per heavy atom.